The molecule has 1 unspecified atom stereocenters. The standard InChI is InChI=1S/C30H27ClN8O2/c1-37-19-32-17-27(37)30(40,22-7-5-20(6-8-22)18-38-11-13-41-14-12-38)23-9-10-26-25(16-23)28(21-3-2-4-24(31)15-21)33-29-34-35-36-39(26)29/h2-10,15-17,19,40H,11-14,18H2,1H3. The number of hydrogen-bond donors (Lipinski definition) is 1. The molecular formula is C30H27ClN8O2. The number of imidazole rings is 1. The van der Waals surface area contributed by atoms with Crippen LogP contribution in [-0.2, 0) is 23.9 Å². The van der Waals surface area contributed by atoms with E-state index < -0.39 is 5.60 Å². The van der Waals surface area contributed by atoms with Crippen molar-refractivity contribution in [2.75, 3.05) is 26.3 Å². The first-order valence-corrected chi connectivity index (χ1v) is 13.8. The zero-order valence-electron chi connectivity index (χ0n) is 22.4. The van der Waals surface area contributed by atoms with Crippen molar-refractivity contribution in [2.45, 2.75) is 12.1 Å². The monoisotopic (exact) mass is 566 g/mol. The maximum Gasteiger partial charge on any atom is 0.274 e. The zero-order valence-corrected chi connectivity index (χ0v) is 23.1. The van der Waals surface area contributed by atoms with Gasteiger partial charge in [-0.05, 0) is 51.4 Å². The minimum atomic E-state index is -1.50. The van der Waals surface area contributed by atoms with Crippen molar-refractivity contribution >= 4 is 28.3 Å². The molecule has 3 aromatic heterocycles. The van der Waals surface area contributed by atoms with Gasteiger partial charge in [0.1, 0.15) is 0 Å². The van der Waals surface area contributed by atoms with E-state index in [1.165, 1.54) is 5.56 Å². The second kappa shape index (κ2) is 10.3. The van der Waals surface area contributed by atoms with Crippen molar-refractivity contribution in [2.24, 2.45) is 7.05 Å². The summed E-state index contributed by atoms with van der Waals surface area (Å²) in [6.45, 7) is 4.16. The summed E-state index contributed by atoms with van der Waals surface area (Å²) in [6, 6.07) is 21.4. The van der Waals surface area contributed by atoms with E-state index >= 15 is 0 Å². The summed E-state index contributed by atoms with van der Waals surface area (Å²) in [5.74, 6) is 0.373. The van der Waals surface area contributed by atoms with Crippen molar-refractivity contribution < 1.29 is 9.84 Å². The molecule has 1 saturated heterocycles. The van der Waals surface area contributed by atoms with Crippen LogP contribution in [0.2, 0.25) is 5.02 Å². The molecule has 0 spiro atoms. The highest BCUT2D eigenvalue weighted by molar-refractivity contribution is 6.30. The van der Waals surface area contributed by atoms with E-state index in [2.05, 4.69) is 37.5 Å². The van der Waals surface area contributed by atoms with Crippen LogP contribution in [0.4, 0.5) is 0 Å². The van der Waals surface area contributed by atoms with Crippen LogP contribution in [0.25, 0.3) is 27.9 Å². The van der Waals surface area contributed by atoms with Crippen LogP contribution in [0.5, 0.6) is 0 Å². The highest BCUT2D eigenvalue weighted by atomic mass is 35.5. The van der Waals surface area contributed by atoms with Gasteiger partial charge >= 0.3 is 0 Å². The largest absolute Gasteiger partial charge is 0.379 e. The lowest BCUT2D eigenvalue weighted by Gasteiger charge is -2.31. The fourth-order valence-electron chi connectivity index (χ4n) is 5.60. The average molecular weight is 567 g/mol. The minimum absolute atomic E-state index is 0.373. The number of morpholine rings is 1. The molecule has 7 rings (SSSR count). The molecule has 206 valence electrons. The number of aryl methyl sites for hydroxylation is 1. The zero-order chi connectivity index (χ0) is 28.0. The average Bonchev–Trinajstić information content (AvgIpc) is 3.66. The van der Waals surface area contributed by atoms with Gasteiger partial charge in [-0.2, -0.15) is 4.52 Å². The molecule has 0 bridgehead atoms. The Labute approximate surface area is 240 Å². The molecule has 4 heterocycles. The lowest BCUT2D eigenvalue weighted by Crippen LogP contribution is -2.35. The van der Waals surface area contributed by atoms with Crippen LogP contribution >= 0.6 is 11.6 Å². The van der Waals surface area contributed by atoms with Gasteiger partial charge in [0.15, 0.2) is 5.60 Å². The summed E-state index contributed by atoms with van der Waals surface area (Å²) in [5.41, 5.74) is 3.94. The summed E-state index contributed by atoms with van der Waals surface area (Å²) in [6.07, 6.45) is 3.39. The summed E-state index contributed by atoms with van der Waals surface area (Å²) in [5, 5.41) is 26.1. The second-order valence-electron chi connectivity index (χ2n) is 10.3. The van der Waals surface area contributed by atoms with Gasteiger partial charge in [0.2, 0.25) is 0 Å². The predicted molar refractivity (Wildman–Crippen MR) is 154 cm³/mol. The fraction of sp³-hybridized carbons (Fsp3) is 0.233. The van der Waals surface area contributed by atoms with Crippen molar-refractivity contribution in [3.05, 3.63) is 107 Å². The highest BCUT2D eigenvalue weighted by Gasteiger charge is 2.37. The van der Waals surface area contributed by atoms with E-state index in [0.717, 1.165) is 54.9 Å². The Hall–Kier alpha value is -4.22. The van der Waals surface area contributed by atoms with Crippen LogP contribution in [0.15, 0.2) is 79.3 Å². The number of tetrazole rings is 1. The van der Waals surface area contributed by atoms with Crippen molar-refractivity contribution in [3.8, 4) is 11.3 Å². The number of nitrogens with zero attached hydrogens (tertiary/aromatic N) is 8. The number of halogens is 1. The fourth-order valence-corrected chi connectivity index (χ4v) is 5.79. The molecule has 0 aliphatic carbocycles. The molecule has 0 saturated carbocycles. The maximum atomic E-state index is 12.7. The van der Waals surface area contributed by atoms with Gasteiger partial charge < -0.3 is 14.4 Å². The van der Waals surface area contributed by atoms with Gasteiger partial charge in [-0.15, -0.1) is 0 Å². The number of aromatic nitrogens is 7. The molecule has 41 heavy (non-hydrogen) atoms. The number of aliphatic hydroxyl groups is 1. The van der Waals surface area contributed by atoms with Crippen molar-refractivity contribution in [1.29, 1.82) is 0 Å². The first-order valence-electron chi connectivity index (χ1n) is 13.4. The maximum absolute atomic E-state index is 12.7. The lowest BCUT2D eigenvalue weighted by molar-refractivity contribution is 0.0342. The molecular weight excluding hydrogens is 540 g/mol. The normalized spacial score (nSPS) is 15.9. The topological polar surface area (TPSA) is 106 Å². The van der Waals surface area contributed by atoms with Crippen LogP contribution in [0, 0.1) is 0 Å². The first-order chi connectivity index (χ1) is 20.0. The molecule has 0 amide bonds. The quantitative estimate of drug-likeness (QED) is 0.324. The molecule has 1 aliphatic heterocycles. The minimum Gasteiger partial charge on any atom is -0.379 e. The summed E-state index contributed by atoms with van der Waals surface area (Å²) in [7, 11) is 1.88. The molecule has 1 fully saturated rings. The number of rotatable bonds is 6. The SMILES string of the molecule is Cn1cncc1C(O)(c1ccc(CN2CCOCC2)cc1)c1ccc2c(c1)c(-c1cccc(Cl)c1)nc1nnnn12. The molecule has 1 atom stereocenters. The third-order valence-corrected chi connectivity index (χ3v) is 7.96. The van der Waals surface area contributed by atoms with E-state index in [4.69, 9.17) is 21.3 Å². The molecule has 11 heteroatoms. The summed E-state index contributed by atoms with van der Waals surface area (Å²) in [4.78, 5) is 11.5. The smallest absolute Gasteiger partial charge is 0.274 e. The van der Waals surface area contributed by atoms with Crippen LogP contribution in [-0.4, -0.2) is 70.9 Å². The lowest BCUT2D eigenvalue weighted by atomic mass is 9.82. The Morgan fingerprint density at radius 1 is 1.00 bits per heavy atom. The van der Waals surface area contributed by atoms with Crippen LogP contribution < -0.4 is 0 Å². The Kier molecular flexibility index (Phi) is 6.47. The Morgan fingerprint density at radius 2 is 1.80 bits per heavy atom. The second-order valence-corrected chi connectivity index (χ2v) is 10.7. The van der Waals surface area contributed by atoms with Gasteiger partial charge in [-0.1, -0.05) is 59.2 Å². The number of ether oxygens (including phenoxy) is 1. The highest BCUT2D eigenvalue weighted by Crippen LogP contribution is 2.39. The van der Waals surface area contributed by atoms with Gasteiger partial charge in [0, 0.05) is 42.7 Å². The van der Waals surface area contributed by atoms with E-state index in [9.17, 15) is 5.11 Å². The third-order valence-electron chi connectivity index (χ3n) is 7.73. The van der Waals surface area contributed by atoms with Gasteiger partial charge in [-0.25, -0.2) is 9.97 Å². The molecule has 6 aromatic rings. The third kappa shape index (κ3) is 4.54. The van der Waals surface area contributed by atoms with Crippen LogP contribution in [0.1, 0.15) is 22.4 Å². The molecule has 0 radical (unpaired) electrons. The summed E-state index contributed by atoms with van der Waals surface area (Å²) >= 11 is 6.35. The number of hydrogen-bond acceptors (Lipinski definition) is 8. The van der Waals surface area contributed by atoms with E-state index in [0.29, 0.717) is 27.8 Å². The first kappa shape index (κ1) is 25.7. The van der Waals surface area contributed by atoms with Crippen molar-refractivity contribution in [3.63, 3.8) is 0 Å². The predicted octanol–water partition coefficient (Wildman–Crippen LogP) is 3.84. The molecule has 3 aromatic carbocycles. The van der Waals surface area contributed by atoms with Gasteiger partial charge in [-0.3, -0.25) is 4.90 Å². The number of benzene rings is 3. The Balaban J connectivity index is 1.39. The van der Waals surface area contributed by atoms with Gasteiger partial charge in [0.05, 0.1) is 42.6 Å². The summed E-state index contributed by atoms with van der Waals surface area (Å²) < 4.78 is 8.92. The van der Waals surface area contributed by atoms with E-state index in [1.54, 1.807) is 17.0 Å². The Morgan fingerprint density at radius 3 is 2.56 bits per heavy atom. The van der Waals surface area contributed by atoms with E-state index in [-0.39, 0.29) is 0 Å². The van der Waals surface area contributed by atoms with E-state index in [1.807, 2.05) is 66.2 Å². The Bertz CT molecular complexity index is 1860. The van der Waals surface area contributed by atoms with Gasteiger partial charge in [0.25, 0.3) is 5.78 Å². The molecule has 10 nitrogen and oxygen atoms in total. The molecule has 1 aliphatic rings. The number of fused-ring (bicyclic) bond motifs is 3. The molecule has 1 N–H and O–H groups in total. The van der Waals surface area contributed by atoms with Crippen molar-refractivity contribution in [1.82, 2.24) is 39.5 Å². The van der Waals surface area contributed by atoms with Crippen LogP contribution in [0.3, 0.4) is 0 Å².